The van der Waals surface area contributed by atoms with E-state index in [-0.39, 0.29) is 0 Å². The zero-order valence-corrected chi connectivity index (χ0v) is 6.14. The predicted molar refractivity (Wildman–Crippen MR) is 47.8 cm³/mol. The molecule has 0 aliphatic rings. The molecule has 0 aromatic heterocycles. The monoisotopic (exact) mass is 132 g/mol. The minimum Gasteiger partial charge on any atom is -0.0991 e. The topological polar surface area (TPSA) is 0 Å². The highest BCUT2D eigenvalue weighted by atomic mass is 13.9. The Kier molecular flexibility index (Phi) is 3.97. The van der Waals surface area contributed by atoms with Gasteiger partial charge < -0.3 is 0 Å². The van der Waals surface area contributed by atoms with E-state index in [1.165, 1.54) is 0 Å². The molecule has 0 unspecified atom stereocenters. The molecule has 0 radical (unpaired) electrons. The van der Waals surface area contributed by atoms with Gasteiger partial charge in [0.25, 0.3) is 0 Å². The van der Waals surface area contributed by atoms with E-state index in [2.05, 4.69) is 26.3 Å². The fourth-order valence-electron chi connectivity index (χ4n) is 0.422. The molecule has 0 saturated carbocycles. The molecule has 0 atom stereocenters. The summed E-state index contributed by atoms with van der Waals surface area (Å²) in [6.07, 6.45) is 7.03. The van der Waals surface area contributed by atoms with E-state index in [4.69, 9.17) is 0 Å². The average molecular weight is 132 g/mol. The zero-order chi connectivity index (χ0) is 7.98. The van der Waals surface area contributed by atoms with Crippen molar-refractivity contribution in [1.82, 2.24) is 0 Å². The molecule has 0 aliphatic carbocycles. The van der Waals surface area contributed by atoms with Gasteiger partial charge in [-0.1, -0.05) is 50.6 Å². The molecule has 52 valence electrons. The Balaban J connectivity index is 4.09. The van der Waals surface area contributed by atoms with Crippen LogP contribution in [-0.2, 0) is 0 Å². The SMILES string of the molecule is C=C/C=C\C(=C)C(=C)C=C. The maximum absolute atomic E-state index is 3.76. The van der Waals surface area contributed by atoms with Gasteiger partial charge in [0, 0.05) is 0 Å². The lowest BCUT2D eigenvalue weighted by molar-refractivity contribution is 1.61. The molecule has 0 heterocycles. The highest BCUT2D eigenvalue weighted by Gasteiger charge is 1.86. The van der Waals surface area contributed by atoms with Crippen LogP contribution in [0.15, 0.2) is 61.8 Å². The van der Waals surface area contributed by atoms with Gasteiger partial charge in [0.05, 0.1) is 0 Å². The molecule has 0 N–H and O–H groups in total. The fourth-order valence-corrected chi connectivity index (χ4v) is 0.422. The third-order valence-electron chi connectivity index (χ3n) is 1.09. The molecule has 0 bridgehead atoms. The summed E-state index contributed by atoms with van der Waals surface area (Å²) in [4.78, 5) is 0. The first kappa shape index (κ1) is 8.70. The van der Waals surface area contributed by atoms with E-state index < -0.39 is 0 Å². The van der Waals surface area contributed by atoms with Crippen molar-refractivity contribution in [2.24, 2.45) is 0 Å². The van der Waals surface area contributed by atoms with Crippen molar-refractivity contribution < 1.29 is 0 Å². The zero-order valence-electron chi connectivity index (χ0n) is 6.14. The van der Waals surface area contributed by atoms with Gasteiger partial charge in [-0.2, -0.15) is 0 Å². The number of hydrogen-bond donors (Lipinski definition) is 0. The lowest BCUT2D eigenvalue weighted by Gasteiger charge is -1.94. The van der Waals surface area contributed by atoms with Crippen molar-refractivity contribution in [2.75, 3.05) is 0 Å². The Hall–Kier alpha value is -1.30. The molecule has 0 aromatic carbocycles. The lowest BCUT2D eigenvalue weighted by Crippen LogP contribution is -1.74. The van der Waals surface area contributed by atoms with Crippen molar-refractivity contribution in [3.8, 4) is 0 Å². The van der Waals surface area contributed by atoms with Crippen molar-refractivity contribution in [3.05, 3.63) is 61.8 Å². The molecule has 0 saturated heterocycles. The summed E-state index contributed by atoms with van der Waals surface area (Å²) in [7, 11) is 0. The molecular weight excluding hydrogens is 120 g/mol. The highest BCUT2D eigenvalue weighted by molar-refractivity contribution is 5.42. The second-order valence-corrected chi connectivity index (χ2v) is 1.85. The van der Waals surface area contributed by atoms with Crippen LogP contribution in [0, 0.1) is 0 Å². The fraction of sp³-hybridized carbons (Fsp3) is 0. The van der Waals surface area contributed by atoms with Gasteiger partial charge in [0.15, 0.2) is 0 Å². The first-order valence-electron chi connectivity index (χ1n) is 3.02. The summed E-state index contributed by atoms with van der Waals surface area (Å²) in [6, 6.07) is 0. The normalized spacial score (nSPS) is 9.20. The van der Waals surface area contributed by atoms with Crippen LogP contribution in [0.5, 0.6) is 0 Å². The summed E-state index contributed by atoms with van der Waals surface area (Å²) in [5.41, 5.74) is 1.72. The van der Waals surface area contributed by atoms with E-state index in [0.717, 1.165) is 11.1 Å². The largest absolute Gasteiger partial charge is 0.0991 e. The number of hydrogen-bond acceptors (Lipinski definition) is 0. The average Bonchev–Trinajstić information content (AvgIpc) is 1.98. The van der Waals surface area contributed by atoms with Gasteiger partial charge in [0.2, 0.25) is 0 Å². The van der Waals surface area contributed by atoms with Crippen LogP contribution in [-0.4, -0.2) is 0 Å². The second-order valence-electron chi connectivity index (χ2n) is 1.85. The van der Waals surface area contributed by atoms with Crippen molar-refractivity contribution >= 4 is 0 Å². The summed E-state index contributed by atoms with van der Waals surface area (Å²) < 4.78 is 0. The van der Waals surface area contributed by atoms with E-state index in [0.29, 0.717) is 0 Å². The van der Waals surface area contributed by atoms with E-state index in [1.807, 2.05) is 12.2 Å². The lowest BCUT2D eigenvalue weighted by atomic mass is 10.1. The summed E-state index contributed by atoms with van der Waals surface area (Å²) >= 11 is 0. The van der Waals surface area contributed by atoms with E-state index >= 15 is 0 Å². The van der Waals surface area contributed by atoms with Gasteiger partial charge in [0.1, 0.15) is 0 Å². The van der Waals surface area contributed by atoms with Crippen LogP contribution >= 0.6 is 0 Å². The van der Waals surface area contributed by atoms with Crippen LogP contribution in [0.4, 0.5) is 0 Å². The van der Waals surface area contributed by atoms with Gasteiger partial charge in [-0.05, 0) is 11.1 Å². The smallest absolute Gasteiger partial charge is 0.0262 e. The Morgan fingerprint density at radius 1 is 1.00 bits per heavy atom. The Bertz CT molecular complexity index is 192. The minimum atomic E-state index is 0.845. The van der Waals surface area contributed by atoms with Gasteiger partial charge in [-0.25, -0.2) is 0 Å². The van der Waals surface area contributed by atoms with Crippen LogP contribution in [0.1, 0.15) is 0 Å². The van der Waals surface area contributed by atoms with Gasteiger partial charge >= 0.3 is 0 Å². The summed E-state index contributed by atoms with van der Waals surface area (Å²) in [5, 5.41) is 0. The van der Waals surface area contributed by atoms with E-state index in [9.17, 15) is 0 Å². The Labute approximate surface area is 62.6 Å². The molecule has 0 aliphatic heterocycles. The molecule has 0 fully saturated rings. The maximum Gasteiger partial charge on any atom is -0.0262 e. The van der Waals surface area contributed by atoms with Crippen LogP contribution in [0.3, 0.4) is 0 Å². The number of rotatable bonds is 4. The molecule has 10 heavy (non-hydrogen) atoms. The highest BCUT2D eigenvalue weighted by Crippen LogP contribution is 2.06. The third kappa shape index (κ3) is 2.88. The molecular formula is C10H12. The minimum absolute atomic E-state index is 0.845. The summed E-state index contributed by atoms with van der Waals surface area (Å²) in [5.74, 6) is 0. The number of allylic oxidation sites excluding steroid dienone is 6. The molecule has 0 nitrogen and oxygen atoms in total. The standard InChI is InChI=1S/C10H12/c1-5-7-8-10(4)9(3)6-2/h5-8H,1-4H2/b8-7-. The first-order valence-corrected chi connectivity index (χ1v) is 3.02. The Morgan fingerprint density at radius 2 is 1.60 bits per heavy atom. The van der Waals surface area contributed by atoms with Crippen molar-refractivity contribution in [3.63, 3.8) is 0 Å². The van der Waals surface area contributed by atoms with Crippen molar-refractivity contribution in [2.45, 2.75) is 0 Å². The molecule has 0 amide bonds. The quantitative estimate of drug-likeness (QED) is 0.516. The van der Waals surface area contributed by atoms with Crippen LogP contribution in [0.2, 0.25) is 0 Å². The molecule has 0 heteroatoms. The van der Waals surface area contributed by atoms with Crippen molar-refractivity contribution in [1.29, 1.82) is 0 Å². The molecule has 0 aromatic rings. The molecule has 0 spiro atoms. The predicted octanol–water partition coefficient (Wildman–Crippen LogP) is 3.03. The van der Waals surface area contributed by atoms with Gasteiger partial charge in [-0.3, -0.25) is 0 Å². The maximum atomic E-state index is 3.76. The van der Waals surface area contributed by atoms with Gasteiger partial charge in [-0.15, -0.1) is 0 Å². The van der Waals surface area contributed by atoms with E-state index in [1.54, 1.807) is 12.2 Å². The van der Waals surface area contributed by atoms with Crippen LogP contribution in [0.25, 0.3) is 0 Å². The van der Waals surface area contributed by atoms with Crippen LogP contribution < -0.4 is 0 Å². The third-order valence-corrected chi connectivity index (χ3v) is 1.09. The summed E-state index contributed by atoms with van der Waals surface area (Å²) in [6.45, 7) is 14.6. The Morgan fingerprint density at radius 3 is 2.00 bits per heavy atom. The second kappa shape index (κ2) is 4.57. The molecule has 0 rings (SSSR count). The first-order chi connectivity index (χ1) is 4.72.